The Morgan fingerprint density at radius 3 is 2.62 bits per heavy atom. The van der Waals surface area contributed by atoms with Crippen LogP contribution < -0.4 is 5.73 Å². The minimum Gasteiger partial charge on any atom is -0.466 e. The van der Waals surface area contributed by atoms with Crippen molar-refractivity contribution < 1.29 is 14.3 Å². The minimum absolute atomic E-state index is 0.262. The molecule has 0 aromatic heterocycles. The smallest absolute Gasteiger partial charge is 0.306 e. The molecule has 0 saturated carbocycles. The number of carbonyl (C=O) groups is 2. The molecule has 16 heavy (non-hydrogen) atoms. The predicted octanol–water partition coefficient (Wildman–Crippen LogP) is 1.28. The molecule has 86 valence electrons. The summed E-state index contributed by atoms with van der Waals surface area (Å²) in [7, 11) is 0. The van der Waals surface area contributed by atoms with Gasteiger partial charge in [0.2, 0.25) is 5.91 Å². The lowest BCUT2D eigenvalue weighted by atomic mass is 10.0. The first kappa shape index (κ1) is 12.2. The summed E-state index contributed by atoms with van der Waals surface area (Å²) in [6.45, 7) is 2.13. The van der Waals surface area contributed by atoms with Crippen molar-refractivity contribution in [1.29, 1.82) is 0 Å². The molecular formula is C12H15NO3. The van der Waals surface area contributed by atoms with Gasteiger partial charge in [0.15, 0.2) is 0 Å². The van der Waals surface area contributed by atoms with Gasteiger partial charge in [-0.2, -0.15) is 0 Å². The van der Waals surface area contributed by atoms with E-state index in [0.717, 1.165) is 5.56 Å². The first-order chi connectivity index (χ1) is 7.65. The number of aryl methyl sites for hydroxylation is 1. The molecule has 0 atom stereocenters. The number of ether oxygens (including phenoxy) is 1. The van der Waals surface area contributed by atoms with Gasteiger partial charge in [-0.15, -0.1) is 0 Å². The highest BCUT2D eigenvalue weighted by Crippen LogP contribution is 2.10. The van der Waals surface area contributed by atoms with E-state index in [0.29, 0.717) is 18.6 Å². The SMILES string of the molecule is CCOC(=O)CCc1ccccc1C(N)=O. The fourth-order valence-electron chi connectivity index (χ4n) is 1.45. The molecule has 0 saturated heterocycles. The standard InChI is InChI=1S/C12H15NO3/c1-2-16-11(14)8-7-9-5-3-4-6-10(9)12(13)15/h3-6H,2,7-8H2,1H3,(H2,13,15). The predicted molar refractivity (Wildman–Crippen MR) is 59.9 cm³/mol. The van der Waals surface area contributed by atoms with Crippen LogP contribution in [0.15, 0.2) is 24.3 Å². The van der Waals surface area contributed by atoms with Gasteiger partial charge in [-0.25, -0.2) is 0 Å². The molecule has 1 amide bonds. The second-order valence-corrected chi connectivity index (χ2v) is 3.33. The van der Waals surface area contributed by atoms with Crippen molar-refractivity contribution in [1.82, 2.24) is 0 Å². The van der Waals surface area contributed by atoms with Crippen LogP contribution in [0.3, 0.4) is 0 Å². The Balaban J connectivity index is 2.66. The first-order valence-electron chi connectivity index (χ1n) is 5.18. The molecule has 0 bridgehead atoms. The van der Waals surface area contributed by atoms with Crippen molar-refractivity contribution in [3.05, 3.63) is 35.4 Å². The number of hydrogen-bond acceptors (Lipinski definition) is 3. The fourth-order valence-corrected chi connectivity index (χ4v) is 1.45. The number of primary amides is 1. The highest BCUT2D eigenvalue weighted by molar-refractivity contribution is 5.94. The van der Waals surface area contributed by atoms with Gasteiger partial charge < -0.3 is 10.5 Å². The van der Waals surface area contributed by atoms with Crippen molar-refractivity contribution in [2.75, 3.05) is 6.61 Å². The highest BCUT2D eigenvalue weighted by Gasteiger charge is 2.09. The Morgan fingerprint density at radius 2 is 2.00 bits per heavy atom. The van der Waals surface area contributed by atoms with E-state index < -0.39 is 5.91 Å². The molecule has 1 aromatic rings. The minimum atomic E-state index is -0.473. The van der Waals surface area contributed by atoms with E-state index in [1.165, 1.54) is 0 Å². The van der Waals surface area contributed by atoms with Crippen LogP contribution in [0.2, 0.25) is 0 Å². The lowest BCUT2D eigenvalue weighted by Crippen LogP contribution is -2.14. The average molecular weight is 221 g/mol. The molecule has 1 aromatic carbocycles. The van der Waals surface area contributed by atoms with Gasteiger partial charge in [0.1, 0.15) is 0 Å². The highest BCUT2D eigenvalue weighted by atomic mass is 16.5. The van der Waals surface area contributed by atoms with Gasteiger partial charge in [0.25, 0.3) is 0 Å². The lowest BCUT2D eigenvalue weighted by molar-refractivity contribution is -0.143. The number of hydrogen-bond donors (Lipinski definition) is 1. The number of benzene rings is 1. The monoisotopic (exact) mass is 221 g/mol. The van der Waals surface area contributed by atoms with Crippen molar-refractivity contribution in [3.63, 3.8) is 0 Å². The van der Waals surface area contributed by atoms with Crippen LogP contribution >= 0.6 is 0 Å². The number of rotatable bonds is 5. The molecule has 0 heterocycles. The van der Waals surface area contributed by atoms with Crippen LogP contribution in [0.1, 0.15) is 29.3 Å². The second-order valence-electron chi connectivity index (χ2n) is 3.33. The lowest BCUT2D eigenvalue weighted by Gasteiger charge is -2.05. The molecular weight excluding hydrogens is 206 g/mol. The summed E-state index contributed by atoms with van der Waals surface area (Å²) in [5.41, 5.74) is 6.47. The van der Waals surface area contributed by atoms with Crippen LogP contribution in [0.4, 0.5) is 0 Å². The summed E-state index contributed by atoms with van der Waals surface area (Å²) in [5.74, 6) is -0.735. The van der Waals surface area contributed by atoms with Gasteiger partial charge in [0, 0.05) is 12.0 Å². The maximum Gasteiger partial charge on any atom is 0.306 e. The van der Waals surface area contributed by atoms with E-state index in [4.69, 9.17) is 10.5 Å². The third kappa shape index (κ3) is 3.38. The molecule has 0 radical (unpaired) electrons. The Labute approximate surface area is 94.4 Å². The largest absolute Gasteiger partial charge is 0.466 e. The molecule has 0 aliphatic rings. The van der Waals surface area contributed by atoms with Crippen molar-refractivity contribution in [3.8, 4) is 0 Å². The third-order valence-electron chi connectivity index (χ3n) is 2.19. The number of nitrogens with two attached hydrogens (primary N) is 1. The molecule has 2 N–H and O–H groups in total. The van der Waals surface area contributed by atoms with Gasteiger partial charge in [0.05, 0.1) is 6.61 Å². The number of esters is 1. The second kappa shape index (κ2) is 5.90. The van der Waals surface area contributed by atoms with Gasteiger partial charge in [-0.3, -0.25) is 9.59 Å². The van der Waals surface area contributed by atoms with Crippen LogP contribution in [-0.4, -0.2) is 18.5 Å². The van der Waals surface area contributed by atoms with E-state index in [-0.39, 0.29) is 12.4 Å². The molecule has 4 heteroatoms. The molecule has 0 spiro atoms. The third-order valence-corrected chi connectivity index (χ3v) is 2.19. The van der Waals surface area contributed by atoms with E-state index in [1.54, 1.807) is 25.1 Å². The summed E-state index contributed by atoms with van der Waals surface area (Å²) in [6.07, 6.45) is 0.732. The zero-order valence-corrected chi connectivity index (χ0v) is 9.23. The summed E-state index contributed by atoms with van der Waals surface area (Å²) in [4.78, 5) is 22.3. The van der Waals surface area contributed by atoms with Crippen LogP contribution in [-0.2, 0) is 16.0 Å². The van der Waals surface area contributed by atoms with E-state index >= 15 is 0 Å². The Bertz CT molecular complexity index is 388. The summed E-state index contributed by atoms with van der Waals surface area (Å²) >= 11 is 0. The fraction of sp³-hybridized carbons (Fsp3) is 0.333. The van der Waals surface area contributed by atoms with Crippen molar-refractivity contribution in [2.24, 2.45) is 5.73 Å². The zero-order valence-electron chi connectivity index (χ0n) is 9.23. The molecule has 0 aliphatic heterocycles. The van der Waals surface area contributed by atoms with Crippen LogP contribution in [0.25, 0.3) is 0 Å². The van der Waals surface area contributed by atoms with E-state index in [9.17, 15) is 9.59 Å². The van der Waals surface area contributed by atoms with E-state index in [2.05, 4.69) is 0 Å². The Hall–Kier alpha value is -1.84. The number of amides is 1. The summed E-state index contributed by atoms with van der Waals surface area (Å²) in [6, 6.07) is 7.00. The van der Waals surface area contributed by atoms with Crippen LogP contribution in [0.5, 0.6) is 0 Å². The zero-order chi connectivity index (χ0) is 12.0. The maximum atomic E-state index is 11.2. The normalized spacial score (nSPS) is 9.81. The molecule has 0 fully saturated rings. The molecule has 4 nitrogen and oxygen atoms in total. The summed E-state index contributed by atoms with van der Waals surface area (Å²) in [5, 5.41) is 0. The van der Waals surface area contributed by atoms with Crippen molar-refractivity contribution >= 4 is 11.9 Å². The maximum absolute atomic E-state index is 11.2. The quantitative estimate of drug-likeness (QED) is 0.761. The topological polar surface area (TPSA) is 69.4 Å². The van der Waals surface area contributed by atoms with E-state index in [1.807, 2.05) is 6.07 Å². The summed E-state index contributed by atoms with van der Waals surface area (Å²) < 4.78 is 4.81. The molecule has 1 rings (SSSR count). The van der Waals surface area contributed by atoms with Gasteiger partial charge >= 0.3 is 5.97 Å². The molecule has 0 aliphatic carbocycles. The molecule has 0 unspecified atom stereocenters. The van der Waals surface area contributed by atoms with Gasteiger partial charge in [-0.05, 0) is 25.0 Å². The van der Waals surface area contributed by atoms with Gasteiger partial charge in [-0.1, -0.05) is 18.2 Å². The van der Waals surface area contributed by atoms with Crippen LogP contribution in [0, 0.1) is 0 Å². The Morgan fingerprint density at radius 1 is 1.31 bits per heavy atom. The number of carbonyl (C=O) groups excluding carboxylic acids is 2. The first-order valence-corrected chi connectivity index (χ1v) is 5.18. The Kier molecular flexibility index (Phi) is 4.51. The average Bonchev–Trinajstić information content (AvgIpc) is 2.27. The van der Waals surface area contributed by atoms with Crippen molar-refractivity contribution in [2.45, 2.75) is 19.8 Å².